The molecule has 1 unspecified atom stereocenters. The molecule has 0 bridgehead atoms. The summed E-state index contributed by atoms with van der Waals surface area (Å²) in [4.78, 5) is 0. The van der Waals surface area contributed by atoms with Gasteiger partial charge in [-0.3, -0.25) is 0 Å². The second kappa shape index (κ2) is 9.37. The molecule has 1 aromatic rings. The molecule has 1 N–H and O–H groups in total. The molecule has 0 spiro atoms. The molecular weight excluding hydrogens is 246 g/mol. The second-order valence-corrected chi connectivity index (χ2v) is 5.00. The molecule has 1 atom stereocenters. The first kappa shape index (κ1) is 15.5. The van der Waals surface area contributed by atoms with E-state index < -0.39 is 0 Å². The first-order chi connectivity index (χ1) is 8.76. The number of ether oxygens (including phenoxy) is 1. The van der Waals surface area contributed by atoms with E-state index in [0.29, 0.717) is 6.04 Å². The molecule has 0 radical (unpaired) electrons. The van der Waals surface area contributed by atoms with Crippen molar-refractivity contribution >= 4 is 11.6 Å². The molecule has 102 valence electrons. The fourth-order valence-electron chi connectivity index (χ4n) is 1.86. The highest BCUT2D eigenvalue weighted by Gasteiger charge is 2.09. The molecule has 2 nitrogen and oxygen atoms in total. The van der Waals surface area contributed by atoms with Crippen molar-refractivity contribution in [3.63, 3.8) is 0 Å². The zero-order valence-corrected chi connectivity index (χ0v) is 12.2. The maximum atomic E-state index is 6.01. The highest BCUT2D eigenvalue weighted by Crippen LogP contribution is 2.12. The van der Waals surface area contributed by atoms with Crippen LogP contribution in [0.25, 0.3) is 0 Å². The van der Waals surface area contributed by atoms with Gasteiger partial charge in [0.05, 0.1) is 6.61 Å². The third-order valence-corrected chi connectivity index (χ3v) is 2.96. The number of benzene rings is 1. The Kier molecular flexibility index (Phi) is 8.06. The Bertz CT molecular complexity index is 330. The molecule has 3 heteroatoms. The monoisotopic (exact) mass is 269 g/mol. The predicted octanol–water partition coefficient (Wildman–Crippen LogP) is 3.68. The van der Waals surface area contributed by atoms with Crippen LogP contribution in [-0.4, -0.2) is 25.8 Å². The summed E-state index contributed by atoms with van der Waals surface area (Å²) in [6.45, 7) is 6.93. The molecule has 1 aromatic carbocycles. The molecule has 0 amide bonds. The van der Waals surface area contributed by atoms with Gasteiger partial charge in [0.25, 0.3) is 0 Å². The normalized spacial score (nSPS) is 12.6. The molecule has 0 aromatic heterocycles. The molecule has 0 saturated carbocycles. The van der Waals surface area contributed by atoms with Crippen LogP contribution in [0.4, 0.5) is 0 Å². The van der Waals surface area contributed by atoms with Gasteiger partial charge in [-0.2, -0.15) is 0 Å². The maximum absolute atomic E-state index is 6.01. The number of nitrogens with one attached hydrogen (secondary N) is 1. The van der Waals surface area contributed by atoms with Gasteiger partial charge in [0, 0.05) is 17.7 Å². The van der Waals surface area contributed by atoms with Gasteiger partial charge in [-0.05, 0) is 43.5 Å². The van der Waals surface area contributed by atoms with Crippen molar-refractivity contribution in [1.82, 2.24) is 5.32 Å². The quantitative estimate of drug-likeness (QED) is 0.691. The SMILES string of the molecule is CCCNC(COCCC)Cc1cccc(Cl)c1. The summed E-state index contributed by atoms with van der Waals surface area (Å²) >= 11 is 6.01. The molecule has 0 aliphatic heterocycles. The highest BCUT2D eigenvalue weighted by molar-refractivity contribution is 6.30. The van der Waals surface area contributed by atoms with Gasteiger partial charge in [-0.15, -0.1) is 0 Å². The largest absolute Gasteiger partial charge is 0.380 e. The van der Waals surface area contributed by atoms with Crippen LogP contribution >= 0.6 is 11.6 Å². The summed E-state index contributed by atoms with van der Waals surface area (Å²) in [5.41, 5.74) is 1.26. The summed E-state index contributed by atoms with van der Waals surface area (Å²) < 4.78 is 5.65. The molecule has 1 rings (SSSR count). The molecule has 0 aliphatic rings. The molecule has 0 aliphatic carbocycles. The van der Waals surface area contributed by atoms with Gasteiger partial charge in [0.2, 0.25) is 0 Å². The van der Waals surface area contributed by atoms with Crippen molar-refractivity contribution < 1.29 is 4.74 Å². The van der Waals surface area contributed by atoms with E-state index in [1.54, 1.807) is 0 Å². The van der Waals surface area contributed by atoms with Crippen molar-refractivity contribution in [1.29, 1.82) is 0 Å². The Balaban J connectivity index is 2.48. The second-order valence-electron chi connectivity index (χ2n) is 4.56. The van der Waals surface area contributed by atoms with E-state index in [1.807, 2.05) is 18.2 Å². The highest BCUT2D eigenvalue weighted by atomic mass is 35.5. The minimum absolute atomic E-state index is 0.370. The zero-order chi connectivity index (χ0) is 13.2. The minimum atomic E-state index is 0.370. The molecule has 18 heavy (non-hydrogen) atoms. The summed E-state index contributed by atoms with van der Waals surface area (Å²) in [7, 11) is 0. The first-order valence-electron chi connectivity index (χ1n) is 6.81. The third kappa shape index (κ3) is 6.39. The summed E-state index contributed by atoms with van der Waals surface area (Å²) in [5, 5.41) is 4.33. The zero-order valence-electron chi connectivity index (χ0n) is 11.4. The standard InChI is InChI=1S/C15H24ClNO/c1-3-8-17-15(12-18-9-4-2)11-13-6-5-7-14(16)10-13/h5-7,10,15,17H,3-4,8-9,11-12H2,1-2H3. The van der Waals surface area contributed by atoms with Gasteiger partial charge >= 0.3 is 0 Å². The molecular formula is C15H24ClNO. The Labute approximate surface area is 116 Å². The van der Waals surface area contributed by atoms with E-state index in [9.17, 15) is 0 Å². The van der Waals surface area contributed by atoms with Crippen LogP contribution < -0.4 is 5.32 Å². The third-order valence-electron chi connectivity index (χ3n) is 2.72. The van der Waals surface area contributed by atoms with E-state index in [1.165, 1.54) is 5.56 Å². The Hall–Kier alpha value is -0.570. The molecule has 0 fully saturated rings. The van der Waals surface area contributed by atoms with Crippen molar-refractivity contribution in [2.45, 2.75) is 39.2 Å². The van der Waals surface area contributed by atoms with Gasteiger partial charge in [-0.25, -0.2) is 0 Å². The molecule has 0 heterocycles. The first-order valence-corrected chi connectivity index (χ1v) is 7.19. The van der Waals surface area contributed by atoms with Crippen LogP contribution in [0.3, 0.4) is 0 Å². The minimum Gasteiger partial charge on any atom is -0.380 e. The van der Waals surface area contributed by atoms with Gasteiger partial charge in [-0.1, -0.05) is 37.6 Å². The van der Waals surface area contributed by atoms with E-state index >= 15 is 0 Å². The fraction of sp³-hybridized carbons (Fsp3) is 0.600. The van der Waals surface area contributed by atoms with Gasteiger partial charge < -0.3 is 10.1 Å². The summed E-state index contributed by atoms with van der Waals surface area (Å²) in [6.07, 6.45) is 3.17. The molecule has 0 saturated heterocycles. The Morgan fingerprint density at radius 1 is 1.28 bits per heavy atom. The lowest BCUT2D eigenvalue weighted by Crippen LogP contribution is -2.36. The van der Waals surface area contributed by atoms with Crippen molar-refractivity contribution in [3.05, 3.63) is 34.9 Å². The van der Waals surface area contributed by atoms with Crippen LogP contribution in [0.15, 0.2) is 24.3 Å². The Morgan fingerprint density at radius 2 is 2.11 bits per heavy atom. The van der Waals surface area contributed by atoms with Crippen LogP contribution in [-0.2, 0) is 11.2 Å². The lowest BCUT2D eigenvalue weighted by molar-refractivity contribution is 0.112. The van der Waals surface area contributed by atoms with Crippen molar-refractivity contribution in [3.8, 4) is 0 Å². The fourth-order valence-corrected chi connectivity index (χ4v) is 2.07. The number of hydrogen-bond donors (Lipinski definition) is 1. The van der Waals surface area contributed by atoms with Gasteiger partial charge in [0.1, 0.15) is 0 Å². The number of hydrogen-bond acceptors (Lipinski definition) is 2. The lowest BCUT2D eigenvalue weighted by Gasteiger charge is -2.18. The topological polar surface area (TPSA) is 21.3 Å². The maximum Gasteiger partial charge on any atom is 0.0622 e. The average molecular weight is 270 g/mol. The van der Waals surface area contributed by atoms with E-state index in [2.05, 4.69) is 25.2 Å². The van der Waals surface area contributed by atoms with Gasteiger partial charge in [0.15, 0.2) is 0 Å². The summed E-state index contributed by atoms with van der Waals surface area (Å²) in [5.74, 6) is 0. The average Bonchev–Trinajstić information content (AvgIpc) is 2.36. The predicted molar refractivity (Wildman–Crippen MR) is 78.3 cm³/mol. The van der Waals surface area contributed by atoms with E-state index in [0.717, 1.165) is 44.0 Å². The smallest absolute Gasteiger partial charge is 0.0622 e. The van der Waals surface area contributed by atoms with Crippen LogP contribution in [0.2, 0.25) is 5.02 Å². The van der Waals surface area contributed by atoms with Crippen LogP contribution in [0.5, 0.6) is 0 Å². The summed E-state index contributed by atoms with van der Waals surface area (Å²) in [6, 6.07) is 8.43. The van der Waals surface area contributed by atoms with Crippen LogP contribution in [0, 0.1) is 0 Å². The van der Waals surface area contributed by atoms with Crippen molar-refractivity contribution in [2.24, 2.45) is 0 Å². The van der Waals surface area contributed by atoms with Crippen molar-refractivity contribution in [2.75, 3.05) is 19.8 Å². The van der Waals surface area contributed by atoms with E-state index in [-0.39, 0.29) is 0 Å². The number of rotatable bonds is 9. The van der Waals surface area contributed by atoms with Crippen LogP contribution in [0.1, 0.15) is 32.3 Å². The Morgan fingerprint density at radius 3 is 2.78 bits per heavy atom. The lowest BCUT2D eigenvalue weighted by atomic mass is 10.1. The van der Waals surface area contributed by atoms with E-state index in [4.69, 9.17) is 16.3 Å². The number of halogens is 1.